The molecule has 0 fully saturated rings. The molecule has 0 aliphatic heterocycles. The van der Waals surface area contributed by atoms with Crippen LogP contribution in [0.2, 0.25) is 0 Å². The molecule has 0 spiro atoms. The predicted molar refractivity (Wildman–Crippen MR) is 84.2 cm³/mol. The number of aryl methyl sites for hydroxylation is 1. The molecule has 0 aromatic heterocycles. The fourth-order valence-electron chi connectivity index (χ4n) is 1.61. The van der Waals surface area contributed by atoms with Gasteiger partial charge in [-0.25, -0.2) is 0 Å². The first-order valence-electron chi connectivity index (χ1n) is 7.35. The van der Waals surface area contributed by atoms with E-state index in [1.54, 1.807) is 0 Å². The van der Waals surface area contributed by atoms with Crippen molar-refractivity contribution < 1.29 is 34.9 Å². The van der Waals surface area contributed by atoms with Gasteiger partial charge >= 0.3 is 0 Å². The number of hydrogen-bond acceptors (Lipinski definition) is 10. The summed E-state index contributed by atoms with van der Waals surface area (Å²) in [4.78, 5) is 41.9. The first-order chi connectivity index (χ1) is 12.3. The molecule has 1 rings (SSSR count). The van der Waals surface area contributed by atoms with Crippen LogP contribution in [0.3, 0.4) is 0 Å². The number of benzene rings is 1. The molecule has 13 nitrogen and oxygen atoms in total. The van der Waals surface area contributed by atoms with Gasteiger partial charge in [-0.05, 0) is 24.8 Å². The van der Waals surface area contributed by atoms with E-state index >= 15 is 0 Å². The summed E-state index contributed by atoms with van der Waals surface area (Å²) in [6.45, 7) is -0.557. The fourth-order valence-corrected chi connectivity index (χ4v) is 1.61. The third-order valence-corrected chi connectivity index (χ3v) is 2.70. The number of nitrogens with zero attached hydrogens (tertiary/aromatic N) is 3. The molecule has 0 radical (unpaired) electrons. The van der Waals surface area contributed by atoms with Crippen molar-refractivity contribution >= 4 is 0 Å². The molecule has 1 unspecified atom stereocenters. The Morgan fingerprint density at radius 1 is 0.962 bits per heavy atom. The third kappa shape index (κ3) is 14.4. The minimum absolute atomic E-state index is 0.0243. The molecule has 1 N–H and O–H groups in total. The Kier molecular flexibility index (Phi) is 12.4. The van der Waals surface area contributed by atoms with Gasteiger partial charge in [-0.15, -0.1) is 30.3 Å². The first-order valence-corrected chi connectivity index (χ1v) is 7.35. The minimum Gasteiger partial charge on any atom is -0.396 e. The monoisotopic (exact) mass is 377 g/mol. The highest BCUT2D eigenvalue weighted by atomic mass is 17.0. The Balaban J connectivity index is 0.000000660. The molecule has 0 aliphatic carbocycles. The molecule has 1 aromatic rings. The summed E-state index contributed by atoms with van der Waals surface area (Å²) in [5, 5.41) is 34.8. The smallest absolute Gasteiger partial charge is 0.294 e. The highest BCUT2D eigenvalue weighted by Crippen LogP contribution is 2.08. The van der Waals surface area contributed by atoms with Crippen LogP contribution in [0.15, 0.2) is 30.3 Å². The van der Waals surface area contributed by atoms with E-state index in [1.807, 2.05) is 30.3 Å². The van der Waals surface area contributed by atoms with E-state index in [0.717, 1.165) is 5.56 Å². The first kappa shape index (κ1) is 22.8. The van der Waals surface area contributed by atoms with Crippen molar-refractivity contribution in [1.82, 2.24) is 0 Å². The van der Waals surface area contributed by atoms with Gasteiger partial charge < -0.3 is 19.6 Å². The lowest BCUT2D eigenvalue weighted by atomic mass is 10.1. The number of hydrogen-bond donors (Lipinski definition) is 1. The zero-order chi connectivity index (χ0) is 19.8. The lowest BCUT2D eigenvalue weighted by Gasteiger charge is -2.13. The number of aliphatic hydroxyl groups is 1. The van der Waals surface area contributed by atoms with Crippen LogP contribution < -0.4 is 0 Å². The van der Waals surface area contributed by atoms with Crippen molar-refractivity contribution in [2.75, 3.05) is 19.8 Å². The molecular weight excluding hydrogens is 358 g/mol. The highest BCUT2D eigenvalue weighted by molar-refractivity contribution is 5.14. The predicted octanol–water partition coefficient (Wildman–Crippen LogP) is 0.981. The molecule has 0 saturated heterocycles. The van der Waals surface area contributed by atoms with Gasteiger partial charge in [-0.1, -0.05) is 30.3 Å². The lowest BCUT2D eigenvalue weighted by molar-refractivity contribution is -0.790. The summed E-state index contributed by atoms with van der Waals surface area (Å²) in [5.41, 5.74) is 0.968. The van der Waals surface area contributed by atoms with Crippen LogP contribution in [0.1, 0.15) is 18.4 Å². The Bertz CT molecular complexity index is 542. The topological polar surface area (TPSA) is 177 Å². The Labute approximate surface area is 147 Å². The Morgan fingerprint density at radius 3 is 2.08 bits per heavy atom. The summed E-state index contributed by atoms with van der Waals surface area (Å²) < 4.78 is 0. The van der Waals surface area contributed by atoms with E-state index in [-0.39, 0.29) is 19.6 Å². The highest BCUT2D eigenvalue weighted by Gasteiger charge is 2.15. The SMILES string of the molecule is O=[N+]([O-])OCC(CCc1ccccc1)O[N+](=O)[O-].O=[N+]([O-])OCCCO. The van der Waals surface area contributed by atoms with E-state index in [1.165, 1.54) is 0 Å². The van der Waals surface area contributed by atoms with Gasteiger partial charge in [0.25, 0.3) is 15.3 Å². The van der Waals surface area contributed by atoms with E-state index in [0.29, 0.717) is 12.8 Å². The molecular formula is C13H19N3O10. The summed E-state index contributed by atoms with van der Waals surface area (Å²) in [6, 6.07) is 9.25. The van der Waals surface area contributed by atoms with Crippen molar-refractivity contribution in [3.63, 3.8) is 0 Å². The molecule has 0 amide bonds. The van der Waals surface area contributed by atoms with E-state index < -0.39 is 28.0 Å². The van der Waals surface area contributed by atoms with Crippen molar-refractivity contribution in [2.45, 2.75) is 25.4 Å². The second-order valence-corrected chi connectivity index (χ2v) is 4.63. The zero-order valence-electron chi connectivity index (χ0n) is 13.7. The van der Waals surface area contributed by atoms with E-state index in [9.17, 15) is 30.3 Å². The van der Waals surface area contributed by atoms with Crippen molar-refractivity contribution in [3.05, 3.63) is 66.2 Å². The summed E-state index contributed by atoms with van der Waals surface area (Å²) in [5.74, 6) is 0. The van der Waals surface area contributed by atoms with Crippen LogP contribution in [-0.2, 0) is 20.9 Å². The molecule has 0 bridgehead atoms. The van der Waals surface area contributed by atoms with Gasteiger partial charge in [0.2, 0.25) is 0 Å². The van der Waals surface area contributed by atoms with E-state index in [2.05, 4.69) is 14.5 Å². The standard InChI is InChI=1S/C10H12N2O6.C3H7NO4/c13-11(14)17-8-10(18-12(15)16)7-6-9-4-2-1-3-5-9;5-2-1-3-8-4(6)7/h1-5,10H,6-8H2;5H,1-3H2. The largest absolute Gasteiger partial charge is 0.396 e. The summed E-state index contributed by atoms with van der Waals surface area (Å²) >= 11 is 0. The van der Waals surface area contributed by atoms with Crippen molar-refractivity contribution in [2.24, 2.45) is 0 Å². The average molecular weight is 377 g/mol. The van der Waals surface area contributed by atoms with Gasteiger partial charge in [-0.2, -0.15) is 0 Å². The quantitative estimate of drug-likeness (QED) is 0.313. The van der Waals surface area contributed by atoms with Crippen LogP contribution in [0.5, 0.6) is 0 Å². The van der Waals surface area contributed by atoms with Gasteiger partial charge in [0, 0.05) is 6.61 Å². The molecule has 1 aromatic carbocycles. The Hall–Kier alpha value is -3.22. The van der Waals surface area contributed by atoms with Gasteiger partial charge in [0.1, 0.15) is 12.7 Å². The molecule has 0 aliphatic rings. The van der Waals surface area contributed by atoms with Crippen LogP contribution >= 0.6 is 0 Å². The fraction of sp³-hybridized carbons (Fsp3) is 0.538. The maximum atomic E-state index is 10.2. The summed E-state index contributed by atoms with van der Waals surface area (Å²) in [7, 11) is 0. The van der Waals surface area contributed by atoms with Gasteiger partial charge in [0.05, 0.1) is 6.61 Å². The van der Waals surface area contributed by atoms with Crippen LogP contribution in [0, 0.1) is 30.3 Å². The number of rotatable bonds is 12. The molecule has 146 valence electrons. The maximum absolute atomic E-state index is 10.2. The van der Waals surface area contributed by atoms with Crippen molar-refractivity contribution in [1.29, 1.82) is 0 Å². The number of aliphatic hydroxyl groups excluding tert-OH is 1. The summed E-state index contributed by atoms with van der Waals surface area (Å²) in [6.07, 6.45) is 0.130. The lowest BCUT2D eigenvalue weighted by Crippen LogP contribution is -2.25. The molecule has 1 atom stereocenters. The molecule has 26 heavy (non-hydrogen) atoms. The zero-order valence-corrected chi connectivity index (χ0v) is 13.7. The minimum atomic E-state index is -1.00. The Morgan fingerprint density at radius 2 is 1.58 bits per heavy atom. The van der Waals surface area contributed by atoms with Gasteiger partial charge in [-0.3, -0.25) is 0 Å². The second-order valence-electron chi connectivity index (χ2n) is 4.63. The normalized spacial score (nSPS) is 10.7. The third-order valence-electron chi connectivity index (χ3n) is 2.70. The molecule has 0 heterocycles. The maximum Gasteiger partial charge on any atom is 0.294 e. The van der Waals surface area contributed by atoms with Crippen LogP contribution in [-0.4, -0.2) is 46.3 Å². The second kappa shape index (κ2) is 14.2. The molecule has 13 heteroatoms. The van der Waals surface area contributed by atoms with E-state index in [4.69, 9.17) is 5.11 Å². The van der Waals surface area contributed by atoms with Crippen molar-refractivity contribution in [3.8, 4) is 0 Å². The van der Waals surface area contributed by atoms with Crippen LogP contribution in [0.4, 0.5) is 0 Å². The van der Waals surface area contributed by atoms with Gasteiger partial charge in [0.15, 0.2) is 0 Å². The van der Waals surface area contributed by atoms with Crippen LogP contribution in [0.25, 0.3) is 0 Å². The average Bonchev–Trinajstić information content (AvgIpc) is 2.58. The molecule has 0 saturated carbocycles.